The number of hydrogen-bond acceptors (Lipinski definition) is 3. The highest BCUT2D eigenvalue weighted by atomic mass is 35.5. The van der Waals surface area contributed by atoms with Gasteiger partial charge in [-0.05, 0) is 30.5 Å². The van der Waals surface area contributed by atoms with Crippen molar-refractivity contribution < 1.29 is 4.79 Å². The maximum Gasteiger partial charge on any atom is 0.261 e. The van der Waals surface area contributed by atoms with Crippen LogP contribution in [0.2, 0.25) is 4.34 Å². The van der Waals surface area contributed by atoms with Gasteiger partial charge in [-0.1, -0.05) is 17.7 Å². The second-order valence-electron chi connectivity index (χ2n) is 3.76. The van der Waals surface area contributed by atoms with Crippen molar-refractivity contribution in [2.45, 2.75) is 19.4 Å². The van der Waals surface area contributed by atoms with Gasteiger partial charge in [0, 0.05) is 17.3 Å². The molecular formula is C12H12ClNOS2. The fourth-order valence-corrected chi connectivity index (χ4v) is 3.29. The average molecular weight is 286 g/mol. The molecule has 2 rings (SSSR count). The summed E-state index contributed by atoms with van der Waals surface area (Å²) in [6.45, 7) is 2.01. The van der Waals surface area contributed by atoms with Crippen molar-refractivity contribution in [2.75, 3.05) is 0 Å². The summed E-state index contributed by atoms with van der Waals surface area (Å²) < 4.78 is 0.640. The van der Waals surface area contributed by atoms with E-state index in [1.54, 1.807) is 23.5 Å². The van der Waals surface area contributed by atoms with E-state index in [1.165, 1.54) is 16.2 Å². The molecule has 1 unspecified atom stereocenters. The van der Waals surface area contributed by atoms with Gasteiger partial charge in [0.15, 0.2) is 0 Å². The van der Waals surface area contributed by atoms with Gasteiger partial charge in [0.1, 0.15) is 0 Å². The first kappa shape index (κ1) is 12.6. The lowest BCUT2D eigenvalue weighted by molar-refractivity contribution is 0.0944. The van der Waals surface area contributed by atoms with E-state index in [4.69, 9.17) is 11.6 Å². The minimum Gasteiger partial charge on any atom is -0.349 e. The van der Waals surface area contributed by atoms with Crippen molar-refractivity contribution in [3.8, 4) is 0 Å². The fourth-order valence-electron chi connectivity index (χ4n) is 1.51. The van der Waals surface area contributed by atoms with E-state index < -0.39 is 0 Å². The molecule has 2 aromatic heterocycles. The second-order valence-corrected chi connectivity index (χ2v) is 6.51. The van der Waals surface area contributed by atoms with Crippen LogP contribution in [0.1, 0.15) is 21.5 Å². The minimum atomic E-state index is -0.0500. The fraction of sp³-hybridized carbons (Fsp3) is 0.250. The van der Waals surface area contributed by atoms with Crippen molar-refractivity contribution in [3.05, 3.63) is 43.7 Å². The number of nitrogens with one attached hydrogen (secondary N) is 1. The van der Waals surface area contributed by atoms with Crippen LogP contribution in [-0.2, 0) is 6.42 Å². The molecule has 1 N–H and O–H groups in total. The third-order valence-corrected chi connectivity index (χ3v) is 4.39. The summed E-state index contributed by atoms with van der Waals surface area (Å²) >= 11 is 8.81. The molecule has 0 radical (unpaired) electrons. The average Bonchev–Trinajstić information content (AvgIpc) is 2.89. The Morgan fingerprint density at radius 2 is 2.29 bits per heavy atom. The Hall–Kier alpha value is -0.840. The van der Waals surface area contributed by atoms with Crippen LogP contribution >= 0.6 is 34.3 Å². The minimum absolute atomic E-state index is 0.0500. The summed E-state index contributed by atoms with van der Waals surface area (Å²) in [7, 11) is 0. The Labute approximate surface area is 113 Å². The zero-order chi connectivity index (χ0) is 12.3. The number of hydrogen-bond donors (Lipinski definition) is 1. The molecule has 0 aromatic carbocycles. The van der Waals surface area contributed by atoms with E-state index in [2.05, 4.69) is 11.4 Å². The highest BCUT2D eigenvalue weighted by molar-refractivity contribution is 7.18. The van der Waals surface area contributed by atoms with Gasteiger partial charge in [-0.3, -0.25) is 4.79 Å². The summed E-state index contributed by atoms with van der Waals surface area (Å²) in [6, 6.07) is 7.72. The van der Waals surface area contributed by atoms with Crippen LogP contribution in [0.5, 0.6) is 0 Å². The normalized spacial score (nSPS) is 12.4. The lowest BCUT2D eigenvalue weighted by atomic mass is 10.2. The maximum atomic E-state index is 11.8. The van der Waals surface area contributed by atoms with E-state index in [9.17, 15) is 4.79 Å². The SMILES string of the molecule is CC(Cc1cccs1)NC(=O)c1ccc(Cl)s1. The molecule has 2 aromatic rings. The number of carbonyl (C=O) groups excluding carboxylic acids is 1. The van der Waals surface area contributed by atoms with Crippen LogP contribution in [-0.4, -0.2) is 11.9 Å². The molecule has 17 heavy (non-hydrogen) atoms. The third kappa shape index (κ3) is 3.56. The highest BCUT2D eigenvalue weighted by Crippen LogP contribution is 2.21. The van der Waals surface area contributed by atoms with Gasteiger partial charge in [0.25, 0.3) is 5.91 Å². The standard InChI is InChI=1S/C12H12ClNOS2/c1-8(7-9-3-2-6-16-9)14-12(15)10-4-5-11(13)17-10/h2-6,8H,7H2,1H3,(H,14,15). The van der Waals surface area contributed by atoms with Crippen LogP contribution in [0.25, 0.3) is 0 Å². The molecule has 0 aliphatic rings. The van der Waals surface area contributed by atoms with Gasteiger partial charge in [-0.15, -0.1) is 22.7 Å². The quantitative estimate of drug-likeness (QED) is 0.909. The zero-order valence-electron chi connectivity index (χ0n) is 9.27. The highest BCUT2D eigenvalue weighted by Gasteiger charge is 2.12. The summed E-state index contributed by atoms with van der Waals surface area (Å²) in [5, 5.41) is 5.01. The predicted octanol–water partition coefficient (Wildman–Crippen LogP) is 3.82. The van der Waals surface area contributed by atoms with Gasteiger partial charge in [-0.2, -0.15) is 0 Å². The first-order valence-corrected chi connectivity index (χ1v) is 7.31. The van der Waals surface area contributed by atoms with Gasteiger partial charge in [0.2, 0.25) is 0 Å². The van der Waals surface area contributed by atoms with Crippen molar-refractivity contribution >= 4 is 40.2 Å². The zero-order valence-corrected chi connectivity index (χ0v) is 11.7. The van der Waals surface area contributed by atoms with E-state index >= 15 is 0 Å². The number of thiophene rings is 2. The van der Waals surface area contributed by atoms with Crippen molar-refractivity contribution in [1.29, 1.82) is 0 Å². The molecule has 0 fully saturated rings. The van der Waals surface area contributed by atoms with Gasteiger partial charge >= 0.3 is 0 Å². The van der Waals surface area contributed by atoms with E-state index in [-0.39, 0.29) is 11.9 Å². The van der Waals surface area contributed by atoms with Crippen molar-refractivity contribution in [2.24, 2.45) is 0 Å². The molecule has 0 bridgehead atoms. The number of amides is 1. The maximum absolute atomic E-state index is 11.8. The van der Waals surface area contributed by atoms with E-state index in [0.29, 0.717) is 9.21 Å². The molecule has 2 nitrogen and oxygen atoms in total. The molecule has 2 heterocycles. The molecule has 0 saturated heterocycles. The second kappa shape index (κ2) is 5.67. The van der Waals surface area contributed by atoms with Crippen LogP contribution in [0.15, 0.2) is 29.6 Å². The monoisotopic (exact) mass is 285 g/mol. The molecule has 0 spiro atoms. The lowest BCUT2D eigenvalue weighted by Gasteiger charge is -2.11. The summed E-state index contributed by atoms with van der Waals surface area (Å²) in [5.74, 6) is -0.0500. The Morgan fingerprint density at radius 3 is 2.88 bits per heavy atom. The molecule has 5 heteroatoms. The summed E-state index contributed by atoms with van der Waals surface area (Å²) in [5.41, 5.74) is 0. The summed E-state index contributed by atoms with van der Waals surface area (Å²) in [4.78, 5) is 13.8. The predicted molar refractivity (Wildman–Crippen MR) is 74.3 cm³/mol. The molecule has 1 amide bonds. The smallest absolute Gasteiger partial charge is 0.261 e. The van der Waals surface area contributed by atoms with Crippen LogP contribution in [0.4, 0.5) is 0 Å². The van der Waals surface area contributed by atoms with Gasteiger partial charge in [-0.25, -0.2) is 0 Å². The molecule has 0 saturated carbocycles. The van der Waals surface area contributed by atoms with Gasteiger partial charge in [0.05, 0.1) is 9.21 Å². The Kier molecular flexibility index (Phi) is 4.20. The van der Waals surface area contributed by atoms with E-state index in [1.807, 2.05) is 18.4 Å². The molecular weight excluding hydrogens is 274 g/mol. The lowest BCUT2D eigenvalue weighted by Crippen LogP contribution is -2.33. The van der Waals surface area contributed by atoms with Crippen molar-refractivity contribution in [3.63, 3.8) is 0 Å². The molecule has 1 atom stereocenters. The van der Waals surface area contributed by atoms with Crippen LogP contribution < -0.4 is 5.32 Å². The van der Waals surface area contributed by atoms with Crippen LogP contribution in [0, 0.1) is 0 Å². The summed E-state index contributed by atoms with van der Waals surface area (Å²) in [6.07, 6.45) is 0.864. The first-order chi connectivity index (χ1) is 8.15. The Morgan fingerprint density at radius 1 is 1.47 bits per heavy atom. The Balaban J connectivity index is 1.90. The molecule has 0 aliphatic heterocycles. The largest absolute Gasteiger partial charge is 0.349 e. The van der Waals surface area contributed by atoms with E-state index in [0.717, 1.165) is 6.42 Å². The van der Waals surface area contributed by atoms with Gasteiger partial charge < -0.3 is 5.32 Å². The number of rotatable bonds is 4. The van der Waals surface area contributed by atoms with Crippen molar-refractivity contribution in [1.82, 2.24) is 5.32 Å². The van der Waals surface area contributed by atoms with Crippen LogP contribution in [0.3, 0.4) is 0 Å². The number of halogens is 1. The third-order valence-electron chi connectivity index (χ3n) is 2.26. The molecule has 0 aliphatic carbocycles. The topological polar surface area (TPSA) is 29.1 Å². The Bertz CT molecular complexity index is 492. The molecule has 90 valence electrons. The number of carbonyl (C=O) groups is 1. The first-order valence-electron chi connectivity index (χ1n) is 5.24.